The van der Waals surface area contributed by atoms with Gasteiger partial charge in [0, 0.05) is 5.69 Å². The summed E-state index contributed by atoms with van der Waals surface area (Å²) in [6, 6.07) is 6.38. The molecule has 0 heterocycles. The van der Waals surface area contributed by atoms with Crippen LogP contribution in [-0.4, -0.2) is 0 Å². The van der Waals surface area contributed by atoms with Crippen LogP contribution in [0.5, 0.6) is 0 Å². The van der Waals surface area contributed by atoms with Gasteiger partial charge in [0.2, 0.25) is 0 Å². The van der Waals surface area contributed by atoms with Crippen molar-refractivity contribution in [2.24, 2.45) is 5.92 Å². The smallest absolute Gasteiger partial charge is 0.0346 e. The van der Waals surface area contributed by atoms with Gasteiger partial charge >= 0.3 is 0 Å². The molecule has 1 aromatic carbocycles. The van der Waals surface area contributed by atoms with Crippen LogP contribution >= 0.6 is 0 Å². The van der Waals surface area contributed by atoms with Gasteiger partial charge in [-0.1, -0.05) is 43.4 Å². The zero-order valence-electron chi connectivity index (χ0n) is 8.92. The molecule has 14 heavy (non-hydrogen) atoms. The molecule has 0 unspecified atom stereocenters. The average Bonchev–Trinajstić information content (AvgIpc) is 2.64. The Kier molecular flexibility index (Phi) is 2.76. The molecule has 0 radical (unpaired) electrons. The predicted molar refractivity (Wildman–Crippen MR) is 61.3 cm³/mol. The monoisotopic (exact) mass is 189 g/mol. The highest BCUT2D eigenvalue weighted by Crippen LogP contribution is 2.29. The average molecular weight is 189 g/mol. The Morgan fingerprint density at radius 1 is 1.29 bits per heavy atom. The maximum atomic E-state index is 5.97. The summed E-state index contributed by atoms with van der Waals surface area (Å²) in [4.78, 5) is 0. The minimum Gasteiger partial charge on any atom is -0.399 e. The van der Waals surface area contributed by atoms with Gasteiger partial charge in [0.15, 0.2) is 0 Å². The van der Waals surface area contributed by atoms with E-state index in [2.05, 4.69) is 19.1 Å². The lowest BCUT2D eigenvalue weighted by molar-refractivity contribution is 0.547. The number of anilines is 1. The number of benzene rings is 1. The molecule has 0 bridgehead atoms. The maximum absolute atomic E-state index is 5.97. The molecule has 1 heteroatoms. The highest BCUT2D eigenvalue weighted by molar-refractivity contribution is 5.48. The van der Waals surface area contributed by atoms with Crippen LogP contribution in [0, 0.1) is 12.8 Å². The molecular weight excluding hydrogens is 170 g/mol. The largest absolute Gasteiger partial charge is 0.399 e. The third-order valence-corrected chi connectivity index (χ3v) is 3.28. The van der Waals surface area contributed by atoms with Crippen molar-refractivity contribution < 1.29 is 0 Å². The Labute approximate surface area is 86.3 Å². The van der Waals surface area contributed by atoms with E-state index < -0.39 is 0 Å². The molecule has 2 rings (SSSR count). The molecule has 1 aromatic rings. The van der Waals surface area contributed by atoms with E-state index in [1.807, 2.05) is 6.07 Å². The zero-order chi connectivity index (χ0) is 9.97. The SMILES string of the molecule is Cc1ccc(N)c(CC2CCCC2)c1. The van der Waals surface area contributed by atoms with E-state index in [-0.39, 0.29) is 0 Å². The van der Waals surface area contributed by atoms with Gasteiger partial charge in [0.1, 0.15) is 0 Å². The standard InChI is InChI=1S/C13H19N/c1-10-6-7-13(14)12(8-10)9-11-4-2-3-5-11/h6-8,11H,2-5,9,14H2,1H3. The number of rotatable bonds is 2. The third-order valence-electron chi connectivity index (χ3n) is 3.28. The molecule has 1 aliphatic carbocycles. The van der Waals surface area contributed by atoms with Crippen molar-refractivity contribution in [3.63, 3.8) is 0 Å². The minimum absolute atomic E-state index is 0.888. The number of hydrogen-bond donors (Lipinski definition) is 1. The summed E-state index contributed by atoms with van der Waals surface area (Å²) in [5.41, 5.74) is 9.63. The summed E-state index contributed by atoms with van der Waals surface area (Å²) in [5, 5.41) is 0. The molecule has 1 aliphatic rings. The van der Waals surface area contributed by atoms with Crippen LogP contribution in [0.25, 0.3) is 0 Å². The fourth-order valence-corrected chi connectivity index (χ4v) is 2.44. The van der Waals surface area contributed by atoms with Crippen molar-refractivity contribution in [1.82, 2.24) is 0 Å². The molecule has 0 saturated heterocycles. The number of hydrogen-bond acceptors (Lipinski definition) is 1. The summed E-state index contributed by atoms with van der Waals surface area (Å²) >= 11 is 0. The molecule has 1 saturated carbocycles. The van der Waals surface area contributed by atoms with Gasteiger partial charge in [0.05, 0.1) is 0 Å². The Balaban J connectivity index is 2.10. The van der Waals surface area contributed by atoms with Crippen LogP contribution in [0.2, 0.25) is 0 Å². The molecule has 76 valence electrons. The Morgan fingerprint density at radius 2 is 2.00 bits per heavy atom. The number of nitrogens with two attached hydrogens (primary N) is 1. The van der Waals surface area contributed by atoms with E-state index in [9.17, 15) is 0 Å². The van der Waals surface area contributed by atoms with Gasteiger partial charge in [-0.3, -0.25) is 0 Å². The van der Waals surface area contributed by atoms with Gasteiger partial charge in [-0.05, 0) is 30.9 Å². The van der Waals surface area contributed by atoms with E-state index in [4.69, 9.17) is 5.73 Å². The summed E-state index contributed by atoms with van der Waals surface area (Å²) in [5.74, 6) is 0.888. The van der Waals surface area contributed by atoms with Gasteiger partial charge in [-0.25, -0.2) is 0 Å². The van der Waals surface area contributed by atoms with Crippen LogP contribution in [0.1, 0.15) is 36.8 Å². The molecule has 0 amide bonds. The predicted octanol–water partition coefficient (Wildman–Crippen LogP) is 3.31. The van der Waals surface area contributed by atoms with Crippen molar-refractivity contribution in [3.05, 3.63) is 29.3 Å². The summed E-state index contributed by atoms with van der Waals surface area (Å²) in [7, 11) is 0. The summed E-state index contributed by atoms with van der Waals surface area (Å²) in [6.45, 7) is 2.14. The second kappa shape index (κ2) is 4.04. The number of nitrogen functional groups attached to an aromatic ring is 1. The quantitative estimate of drug-likeness (QED) is 0.710. The van der Waals surface area contributed by atoms with Crippen LogP contribution in [0.3, 0.4) is 0 Å². The second-order valence-corrected chi connectivity index (χ2v) is 4.56. The normalized spacial score (nSPS) is 17.5. The Hall–Kier alpha value is -0.980. The summed E-state index contributed by atoms with van der Waals surface area (Å²) in [6.07, 6.45) is 6.81. The fourth-order valence-electron chi connectivity index (χ4n) is 2.44. The van der Waals surface area contributed by atoms with E-state index in [0.717, 1.165) is 11.6 Å². The molecule has 0 aliphatic heterocycles. The molecule has 0 aromatic heterocycles. The van der Waals surface area contributed by atoms with Gasteiger partial charge in [-0.15, -0.1) is 0 Å². The Bertz CT molecular complexity index is 311. The second-order valence-electron chi connectivity index (χ2n) is 4.56. The first-order valence-electron chi connectivity index (χ1n) is 5.61. The van der Waals surface area contributed by atoms with Crippen molar-refractivity contribution in [1.29, 1.82) is 0 Å². The van der Waals surface area contributed by atoms with Crippen LogP contribution < -0.4 is 5.73 Å². The molecule has 0 atom stereocenters. The maximum Gasteiger partial charge on any atom is 0.0346 e. The van der Waals surface area contributed by atoms with E-state index >= 15 is 0 Å². The third kappa shape index (κ3) is 2.09. The van der Waals surface area contributed by atoms with E-state index in [1.165, 1.54) is 43.2 Å². The van der Waals surface area contributed by atoms with Gasteiger partial charge < -0.3 is 5.73 Å². The molecule has 0 spiro atoms. The highest BCUT2D eigenvalue weighted by Gasteiger charge is 2.16. The lowest BCUT2D eigenvalue weighted by atomic mass is 9.96. The van der Waals surface area contributed by atoms with Crippen molar-refractivity contribution in [3.8, 4) is 0 Å². The minimum atomic E-state index is 0.888. The zero-order valence-corrected chi connectivity index (χ0v) is 8.92. The first-order valence-corrected chi connectivity index (χ1v) is 5.61. The topological polar surface area (TPSA) is 26.0 Å². The fraction of sp³-hybridized carbons (Fsp3) is 0.538. The lowest BCUT2D eigenvalue weighted by Gasteiger charge is -2.11. The van der Waals surface area contributed by atoms with Gasteiger partial charge in [-0.2, -0.15) is 0 Å². The molecule has 1 fully saturated rings. The van der Waals surface area contributed by atoms with Crippen molar-refractivity contribution >= 4 is 5.69 Å². The first-order chi connectivity index (χ1) is 6.75. The van der Waals surface area contributed by atoms with Gasteiger partial charge in [0.25, 0.3) is 0 Å². The lowest BCUT2D eigenvalue weighted by Crippen LogP contribution is -2.02. The van der Waals surface area contributed by atoms with Crippen molar-refractivity contribution in [2.75, 3.05) is 5.73 Å². The van der Waals surface area contributed by atoms with Crippen LogP contribution in [-0.2, 0) is 6.42 Å². The number of aryl methyl sites for hydroxylation is 1. The first kappa shape index (κ1) is 9.57. The van der Waals surface area contributed by atoms with E-state index in [0.29, 0.717) is 0 Å². The van der Waals surface area contributed by atoms with Crippen molar-refractivity contribution in [2.45, 2.75) is 39.0 Å². The molecule has 2 N–H and O–H groups in total. The van der Waals surface area contributed by atoms with Crippen LogP contribution in [0.4, 0.5) is 5.69 Å². The molecule has 1 nitrogen and oxygen atoms in total. The van der Waals surface area contributed by atoms with Crippen LogP contribution in [0.15, 0.2) is 18.2 Å². The summed E-state index contributed by atoms with van der Waals surface area (Å²) < 4.78 is 0. The highest BCUT2D eigenvalue weighted by atomic mass is 14.6. The molecular formula is C13H19N. The Morgan fingerprint density at radius 3 is 2.71 bits per heavy atom. The van der Waals surface area contributed by atoms with E-state index in [1.54, 1.807) is 0 Å².